The summed E-state index contributed by atoms with van der Waals surface area (Å²) in [5, 5.41) is 11.8. The molecular formula is C28H39NO5. The zero-order chi connectivity index (χ0) is 24.3. The summed E-state index contributed by atoms with van der Waals surface area (Å²) in [5.41, 5.74) is 2.14. The van der Waals surface area contributed by atoms with Crippen LogP contribution in [0.4, 0.5) is 0 Å². The van der Waals surface area contributed by atoms with Gasteiger partial charge in [-0.25, -0.2) is 4.79 Å². The van der Waals surface area contributed by atoms with E-state index < -0.39 is 5.60 Å². The molecule has 2 aromatic rings. The van der Waals surface area contributed by atoms with Crippen molar-refractivity contribution in [3.8, 4) is 5.75 Å². The number of aryl methyl sites for hydroxylation is 2. The predicted molar refractivity (Wildman–Crippen MR) is 133 cm³/mol. The second-order valence-electron chi connectivity index (χ2n) is 10.3. The Kier molecular flexibility index (Phi) is 7.66. The standard InChI is InChI=1S/C28H39NO5/c1-4-5-6-7-11-23-19(2)22-12-13-24(20(3)26(22)34-27(23)31)33-18-25(30)29-16-15-28(32)14-9-8-10-21(28)17-29/h12-13,21,32H,4-11,14-18H2,1-3H3/t21-,28-/m0/s1. The van der Waals surface area contributed by atoms with Crippen molar-refractivity contribution in [3.05, 3.63) is 39.2 Å². The van der Waals surface area contributed by atoms with Crippen LogP contribution in [0.2, 0.25) is 0 Å². The smallest absolute Gasteiger partial charge is 0.339 e. The SMILES string of the molecule is CCCCCCc1c(C)c2ccc(OCC(=O)N3CC[C@@]4(O)CCCC[C@H]4C3)c(C)c2oc1=O. The lowest BCUT2D eigenvalue weighted by molar-refractivity contribution is -0.145. The number of fused-ring (bicyclic) bond motifs is 2. The Morgan fingerprint density at radius 2 is 2.00 bits per heavy atom. The molecule has 0 spiro atoms. The molecule has 4 rings (SSSR count). The molecule has 0 unspecified atom stereocenters. The van der Waals surface area contributed by atoms with Gasteiger partial charge in [0.15, 0.2) is 6.61 Å². The highest BCUT2D eigenvalue weighted by atomic mass is 16.5. The van der Waals surface area contributed by atoms with Gasteiger partial charge in [-0.1, -0.05) is 39.0 Å². The minimum absolute atomic E-state index is 0.0593. The number of likely N-dealkylation sites (tertiary alicyclic amines) is 1. The number of rotatable bonds is 8. The van der Waals surface area contributed by atoms with Gasteiger partial charge < -0.3 is 19.2 Å². The Morgan fingerprint density at radius 1 is 1.18 bits per heavy atom. The van der Waals surface area contributed by atoms with E-state index in [1.807, 2.05) is 30.9 Å². The Bertz CT molecular complexity index is 1090. The summed E-state index contributed by atoms with van der Waals surface area (Å²) in [6.07, 6.45) is 9.83. The molecule has 2 atom stereocenters. The highest BCUT2D eigenvalue weighted by Gasteiger charge is 2.43. The van der Waals surface area contributed by atoms with Crippen LogP contribution >= 0.6 is 0 Å². The Labute approximate surface area is 202 Å². The first-order valence-corrected chi connectivity index (χ1v) is 13.0. The first-order chi connectivity index (χ1) is 16.3. The number of amides is 1. The van der Waals surface area contributed by atoms with E-state index in [0.29, 0.717) is 30.8 Å². The molecule has 1 saturated heterocycles. The number of carbonyl (C=O) groups is 1. The van der Waals surface area contributed by atoms with Crippen molar-refractivity contribution in [2.24, 2.45) is 5.92 Å². The third-order valence-electron chi connectivity index (χ3n) is 8.07. The monoisotopic (exact) mass is 469 g/mol. The van der Waals surface area contributed by atoms with Crippen molar-refractivity contribution in [2.75, 3.05) is 19.7 Å². The minimum atomic E-state index is -0.602. The average Bonchev–Trinajstić information content (AvgIpc) is 2.82. The van der Waals surface area contributed by atoms with Crippen molar-refractivity contribution in [2.45, 2.75) is 90.6 Å². The zero-order valence-corrected chi connectivity index (χ0v) is 21.0. The van der Waals surface area contributed by atoms with E-state index in [4.69, 9.17) is 9.15 Å². The second-order valence-corrected chi connectivity index (χ2v) is 10.3. The normalized spacial score (nSPS) is 22.6. The molecular weight excluding hydrogens is 430 g/mol. The van der Waals surface area contributed by atoms with Crippen LogP contribution < -0.4 is 10.4 Å². The fraction of sp³-hybridized carbons (Fsp3) is 0.643. The second kappa shape index (κ2) is 10.5. The van der Waals surface area contributed by atoms with E-state index in [1.54, 1.807) is 0 Å². The summed E-state index contributed by atoms with van der Waals surface area (Å²) in [4.78, 5) is 27.4. The number of unbranched alkanes of at least 4 members (excludes halogenated alkanes) is 3. The maximum Gasteiger partial charge on any atom is 0.339 e. The molecule has 6 nitrogen and oxygen atoms in total. The molecule has 1 amide bonds. The summed E-state index contributed by atoms with van der Waals surface area (Å²) in [6.45, 7) is 7.14. The molecule has 1 N–H and O–H groups in total. The number of carbonyl (C=O) groups excluding carboxylic acids is 1. The summed E-state index contributed by atoms with van der Waals surface area (Å²) < 4.78 is 11.6. The molecule has 6 heteroatoms. The summed E-state index contributed by atoms with van der Waals surface area (Å²) in [7, 11) is 0. The molecule has 2 aliphatic rings. The maximum absolute atomic E-state index is 12.9. The van der Waals surface area contributed by atoms with Gasteiger partial charge in [-0.05, 0) is 63.6 Å². The summed E-state index contributed by atoms with van der Waals surface area (Å²) in [6, 6.07) is 3.80. The molecule has 1 aliphatic carbocycles. The summed E-state index contributed by atoms with van der Waals surface area (Å²) in [5.74, 6) is 0.659. The van der Waals surface area contributed by atoms with Crippen LogP contribution in [0.25, 0.3) is 11.0 Å². The third kappa shape index (κ3) is 5.02. The van der Waals surface area contributed by atoms with Gasteiger partial charge >= 0.3 is 5.63 Å². The van der Waals surface area contributed by atoms with Gasteiger partial charge in [0, 0.05) is 35.5 Å². The largest absolute Gasteiger partial charge is 0.483 e. The van der Waals surface area contributed by atoms with Crippen LogP contribution in [0, 0.1) is 19.8 Å². The van der Waals surface area contributed by atoms with Crippen molar-refractivity contribution in [1.82, 2.24) is 4.90 Å². The first kappa shape index (κ1) is 24.8. The number of aliphatic hydroxyl groups is 1. The van der Waals surface area contributed by atoms with Crippen LogP contribution in [-0.2, 0) is 11.2 Å². The van der Waals surface area contributed by atoms with Crippen molar-refractivity contribution >= 4 is 16.9 Å². The van der Waals surface area contributed by atoms with E-state index in [0.717, 1.165) is 73.4 Å². The van der Waals surface area contributed by atoms with E-state index in [9.17, 15) is 14.7 Å². The fourth-order valence-electron chi connectivity index (χ4n) is 5.77. The lowest BCUT2D eigenvalue weighted by Gasteiger charge is -2.47. The molecule has 2 fully saturated rings. The quantitative estimate of drug-likeness (QED) is 0.432. The van der Waals surface area contributed by atoms with E-state index >= 15 is 0 Å². The molecule has 1 saturated carbocycles. The molecule has 2 heterocycles. The average molecular weight is 470 g/mol. The van der Waals surface area contributed by atoms with E-state index in [-0.39, 0.29) is 24.1 Å². The highest BCUT2D eigenvalue weighted by molar-refractivity contribution is 5.86. The maximum atomic E-state index is 12.9. The van der Waals surface area contributed by atoms with Gasteiger partial charge in [-0.2, -0.15) is 0 Å². The lowest BCUT2D eigenvalue weighted by Crippen LogP contribution is -2.55. The zero-order valence-electron chi connectivity index (χ0n) is 21.0. The molecule has 186 valence electrons. The highest BCUT2D eigenvalue weighted by Crippen LogP contribution is 2.39. The summed E-state index contributed by atoms with van der Waals surface area (Å²) >= 11 is 0. The van der Waals surface area contributed by atoms with Crippen molar-refractivity contribution in [1.29, 1.82) is 0 Å². The third-order valence-corrected chi connectivity index (χ3v) is 8.07. The van der Waals surface area contributed by atoms with Crippen LogP contribution in [0.15, 0.2) is 21.3 Å². The fourth-order valence-corrected chi connectivity index (χ4v) is 5.77. The number of hydrogen-bond acceptors (Lipinski definition) is 5. The van der Waals surface area contributed by atoms with Gasteiger partial charge in [0.2, 0.25) is 0 Å². The van der Waals surface area contributed by atoms with Gasteiger partial charge in [0.1, 0.15) is 11.3 Å². The van der Waals surface area contributed by atoms with Crippen molar-refractivity contribution < 1.29 is 19.1 Å². The molecule has 1 aromatic carbocycles. The van der Waals surface area contributed by atoms with Crippen molar-refractivity contribution in [3.63, 3.8) is 0 Å². The number of hydrogen-bond donors (Lipinski definition) is 1. The van der Waals surface area contributed by atoms with Crippen LogP contribution in [-0.4, -0.2) is 41.2 Å². The van der Waals surface area contributed by atoms with Gasteiger partial charge in [-0.3, -0.25) is 4.79 Å². The number of nitrogens with zero attached hydrogens (tertiary/aromatic N) is 1. The first-order valence-electron chi connectivity index (χ1n) is 13.0. The Balaban J connectivity index is 1.44. The Hall–Kier alpha value is -2.34. The molecule has 0 radical (unpaired) electrons. The van der Waals surface area contributed by atoms with Crippen LogP contribution in [0.5, 0.6) is 5.75 Å². The van der Waals surface area contributed by atoms with Crippen LogP contribution in [0.3, 0.4) is 0 Å². The van der Waals surface area contributed by atoms with E-state index in [2.05, 4.69) is 6.92 Å². The van der Waals surface area contributed by atoms with Gasteiger partial charge in [-0.15, -0.1) is 0 Å². The molecule has 1 aromatic heterocycles. The lowest BCUT2D eigenvalue weighted by atomic mass is 9.71. The molecule has 1 aliphatic heterocycles. The number of benzene rings is 1. The van der Waals surface area contributed by atoms with E-state index in [1.165, 1.54) is 6.42 Å². The molecule has 0 bridgehead atoms. The predicted octanol–water partition coefficient (Wildman–Crippen LogP) is 5.07. The van der Waals surface area contributed by atoms with Gasteiger partial charge in [0.25, 0.3) is 5.91 Å². The van der Waals surface area contributed by atoms with Gasteiger partial charge in [0.05, 0.1) is 5.60 Å². The topological polar surface area (TPSA) is 80.0 Å². The number of ether oxygens (including phenoxy) is 1. The minimum Gasteiger partial charge on any atom is -0.483 e. The Morgan fingerprint density at radius 3 is 2.79 bits per heavy atom. The van der Waals surface area contributed by atoms with Crippen LogP contribution in [0.1, 0.15) is 81.4 Å². The molecule has 34 heavy (non-hydrogen) atoms. The number of piperidine rings is 1.